The predicted octanol–water partition coefficient (Wildman–Crippen LogP) is -1.09. The number of ether oxygens (including phenoxy) is 2. The maximum Gasteiger partial charge on any atom is 0.274 e. The van der Waals surface area contributed by atoms with E-state index in [1.807, 2.05) is 0 Å². The third kappa shape index (κ3) is 3.40. The molecule has 1 aliphatic rings. The van der Waals surface area contributed by atoms with Crippen molar-refractivity contribution in [3.63, 3.8) is 0 Å². The van der Waals surface area contributed by atoms with Crippen molar-refractivity contribution in [2.24, 2.45) is 0 Å². The van der Waals surface area contributed by atoms with E-state index < -0.39 is 42.2 Å². The van der Waals surface area contributed by atoms with Crippen LogP contribution in [0, 0.1) is 10.1 Å². The van der Waals surface area contributed by atoms with E-state index >= 15 is 0 Å². The second-order valence-electron chi connectivity index (χ2n) is 4.89. The molecule has 0 unspecified atom stereocenters. The number of benzene rings is 1. The number of aliphatic hydroxyl groups excluding tert-OH is 4. The first-order valence-corrected chi connectivity index (χ1v) is 6.60. The van der Waals surface area contributed by atoms with Gasteiger partial charge in [0.25, 0.3) is 5.69 Å². The fourth-order valence-corrected chi connectivity index (χ4v) is 2.25. The average molecular weight is 315 g/mol. The molecule has 0 saturated carbocycles. The van der Waals surface area contributed by atoms with Crippen molar-refractivity contribution in [2.75, 3.05) is 6.61 Å². The lowest BCUT2D eigenvalue weighted by Crippen LogP contribution is -2.59. The summed E-state index contributed by atoms with van der Waals surface area (Å²) in [4.78, 5) is 10.3. The molecule has 0 bridgehead atoms. The van der Waals surface area contributed by atoms with Gasteiger partial charge in [0, 0.05) is 6.07 Å². The Labute approximate surface area is 125 Å². The summed E-state index contributed by atoms with van der Waals surface area (Å²) in [5.41, 5.74) is 0.0997. The Morgan fingerprint density at radius 2 is 1.91 bits per heavy atom. The van der Waals surface area contributed by atoms with Crippen molar-refractivity contribution < 1.29 is 34.8 Å². The lowest BCUT2D eigenvalue weighted by Gasteiger charge is -2.39. The van der Waals surface area contributed by atoms with Crippen LogP contribution < -0.4 is 0 Å². The third-order valence-electron chi connectivity index (χ3n) is 3.46. The van der Waals surface area contributed by atoms with Crippen molar-refractivity contribution in [1.29, 1.82) is 0 Å². The van der Waals surface area contributed by atoms with Crippen molar-refractivity contribution in [2.45, 2.75) is 37.3 Å². The standard InChI is InChI=1S/C13H17NO8/c15-5-9-10(16)11(17)12(13(18)22-9)21-6-7-3-1-2-4-8(7)14(19)20/h1-4,9-13,15-18H,5-6H2/t9-,10+,11+,12-,13-/m1/s1. The minimum atomic E-state index is -1.57. The van der Waals surface area contributed by atoms with E-state index in [1.54, 1.807) is 6.07 Å². The van der Waals surface area contributed by atoms with Gasteiger partial charge < -0.3 is 29.9 Å². The van der Waals surface area contributed by atoms with Gasteiger partial charge >= 0.3 is 0 Å². The van der Waals surface area contributed by atoms with Gasteiger partial charge in [-0.15, -0.1) is 0 Å². The largest absolute Gasteiger partial charge is 0.394 e. The molecule has 0 spiro atoms. The summed E-state index contributed by atoms with van der Waals surface area (Å²) < 4.78 is 10.2. The number of hydrogen-bond acceptors (Lipinski definition) is 8. The fraction of sp³-hybridized carbons (Fsp3) is 0.538. The van der Waals surface area contributed by atoms with Crippen LogP contribution in [0.5, 0.6) is 0 Å². The zero-order chi connectivity index (χ0) is 16.3. The summed E-state index contributed by atoms with van der Waals surface area (Å²) in [6, 6.07) is 5.88. The van der Waals surface area contributed by atoms with Crippen LogP contribution in [0.2, 0.25) is 0 Å². The Morgan fingerprint density at radius 3 is 2.55 bits per heavy atom. The third-order valence-corrected chi connectivity index (χ3v) is 3.46. The van der Waals surface area contributed by atoms with Crippen molar-refractivity contribution in [1.82, 2.24) is 0 Å². The topological polar surface area (TPSA) is 143 Å². The maximum atomic E-state index is 10.9. The Bertz CT molecular complexity index is 525. The molecule has 0 amide bonds. The second kappa shape index (κ2) is 7.09. The average Bonchev–Trinajstić information content (AvgIpc) is 2.51. The molecule has 0 aromatic heterocycles. The van der Waals surface area contributed by atoms with E-state index in [2.05, 4.69) is 0 Å². The summed E-state index contributed by atoms with van der Waals surface area (Å²) in [5, 5.41) is 49.2. The first-order chi connectivity index (χ1) is 10.5. The summed E-state index contributed by atoms with van der Waals surface area (Å²) in [5.74, 6) is 0. The SMILES string of the molecule is O=[N+]([O-])c1ccccc1CO[C@@H]1[C@@H](O)[C@@H](O)[C@@H](CO)O[C@H]1O. The summed E-state index contributed by atoms with van der Waals surface area (Å²) >= 11 is 0. The van der Waals surface area contributed by atoms with Crippen LogP contribution in [-0.2, 0) is 16.1 Å². The van der Waals surface area contributed by atoms with Crippen LogP contribution in [0.1, 0.15) is 5.56 Å². The summed E-state index contributed by atoms with van der Waals surface area (Å²) in [6.45, 7) is -0.831. The molecule has 9 nitrogen and oxygen atoms in total. The van der Waals surface area contributed by atoms with Gasteiger partial charge in [0.05, 0.1) is 23.7 Å². The molecule has 0 radical (unpaired) electrons. The fourth-order valence-electron chi connectivity index (χ4n) is 2.25. The molecule has 1 saturated heterocycles. The Balaban J connectivity index is 2.07. The van der Waals surface area contributed by atoms with Crippen LogP contribution >= 0.6 is 0 Å². The van der Waals surface area contributed by atoms with Crippen molar-refractivity contribution >= 4 is 5.69 Å². The van der Waals surface area contributed by atoms with Gasteiger partial charge in [-0.1, -0.05) is 12.1 Å². The smallest absolute Gasteiger partial charge is 0.274 e. The number of nitrogens with zero attached hydrogens (tertiary/aromatic N) is 1. The van der Waals surface area contributed by atoms with Crippen LogP contribution in [-0.4, -0.2) is 62.7 Å². The Kier molecular flexibility index (Phi) is 5.40. The number of para-hydroxylation sites is 1. The summed E-state index contributed by atoms with van der Waals surface area (Å²) in [6.07, 6.45) is -6.93. The molecule has 122 valence electrons. The number of hydrogen-bond donors (Lipinski definition) is 4. The highest BCUT2D eigenvalue weighted by molar-refractivity contribution is 5.39. The highest BCUT2D eigenvalue weighted by Gasteiger charge is 2.44. The predicted molar refractivity (Wildman–Crippen MR) is 71.7 cm³/mol. The number of nitro benzene ring substituents is 1. The molecule has 4 N–H and O–H groups in total. The molecule has 1 fully saturated rings. The molecule has 1 aromatic rings. The number of nitro groups is 1. The van der Waals surface area contributed by atoms with Gasteiger partial charge in [0.1, 0.15) is 24.4 Å². The van der Waals surface area contributed by atoms with Gasteiger partial charge in [-0.2, -0.15) is 0 Å². The van der Waals surface area contributed by atoms with E-state index in [0.717, 1.165) is 0 Å². The quantitative estimate of drug-likeness (QED) is 0.396. The molecule has 5 atom stereocenters. The van der Waals surface area contributed by atoms with Crippen LogP contribution in [0.4, 0.5) is 5.69 Å². The van der Waals surface area contributed by atoms with E-state index in [-0.39, 0.29) is 17.9 Å². The first-order valence-electron chi connectivity index (χ1n) is 6.60. The molecule has 1 aliphatic heterocycles. The van der Waals surface area contributed by atoms with Crippen molar-refractivity contribution in [3.05, 3.63) is 39.9 Å². The normalized spacial score (nSPS) is 31.9. The lowest BCUT2D eigenvalue weighted by molar-refractivity contribution is -0.386. The molecule has 9 heteroatoms. The van der Waals surface area contributed by atoms with E-state index in [0.29, 0.717) is 0 Å². The highest BCUT2D eigenvalue weighted by Crippen LogP contribution is 2.25. The molecule has 22 heavy (non-hydrogen) atoms. The zero-order valence-corrected chi connectivity index (χ0v) is 11.5. The molecule has 0 aliphatic carbocycles. The van der Waals surface area contributed by atoms with E-state index in [9.17, 15) is 25.4 Å². The van der Waals surface area contributed by atoms with Gasteiger partial charge in [0.15, 0.2) is 6.29 Å². The van der Waals surface area contributed by atoms with Crippen molar-refractivity contribution in [3.8, 4) is 0 Å². The maximum absolute atomic E-state index is 10.9. The number of aliphatic hydroxyl groups is 4. The van der Waals surface area contributed by atoms with Gasteiger partial charge in [-0.25, -0.2) is 0 Å². The second-order valence-corrected chi connectivity index (χ2v) is 4.89. The molecular weight excluding hydrogens is 298 g/mol. The van der Waals surface area contributed by atoms with E-state index in [1.165, 1.54) is 18.2 Å². The Hall–Kier alpha value is -1.62. The molecule has 1 aromatic carbocycles. The van der Waals surface area contributed by atoms with Gasteiger partial charge in [-0.3, -0.25) is 10.1 Å². The highest BCUT2D eigenvalue weighted by atomic mass is 16.7. The first kappa shape index (κ1) is 16.7. The van der Waals surface area contributed by atoms with Crippen LogP contribution in [0.15, 0.2) is 24.3 Å². The van der Waals surface area contributed by atoms with Crippen LogP contribution in [0.25, 0.3) is 0 Å². The minimum absolute atomic E-state index is 0.156. The minimum Gasteiger partial charge on any atom is -0.394 e. The van der Waals surface area contributed by atoms with Gasteiger partial charge in [0.2, 0.25) is 0 Å². The zero-order valence-electron chi connectivity index (χ0n) is 11.5. The van der Waals surface area contributed by atoms with Crippen LogP contribution in [0.3, 0.4) is 0 Å². The Morgan fingerprint density at radius 1 is 1.23 bits per heavy atom. The van der Waals surface area contributed by atoms with Gasteiger partial charge in [-0.05, 0) is 6.07 Å². The molecular formula is C13H17NO8. The molecule has 2 rings (SSSR count). The summed E-state index contributed by atoms with van der Waals surface area (Å²) in [7, 11) is 0. The van der Waals surface area contributed by atoms with E-state index in [4.69, 9.17) is 14.6 Å². The lowest BCUT2D eigenvalue weighted by atomic mass is 9.99. The number of rotatable bonds is 5. The monoisotopic (exact) mass is 315 g/mol. The molecule has 1 heterocycles.